The molecule has 0 aromatic rings. The fourth-order valence-electron chi connectivity index (χ4n) is 3.34. The molecule has 0 radical (unpaired) electrons. The number of nitriles is 1. The zero-order chi connectivity index (χ0) is 13.7. The lowest BCUT2D eigenvalue weighted by atomic mass is 9.78. The predicted octanol–water partition coefficient (Wildman–Crippen LogP) is 4.06. The van der Waals surface area contributed by atoms with Crippen LogP contribution < -0.4 is 0 Å². The third-order valence-corrected chi connectivity index (χ3v) is 4.86. The fraction of sp³-hybridized carbons (Fsp3) is 0.706. The van der Waals surface area contributed by atoms with Crippen molar-refractivity contribution < 1.29 is 0 Å². The molecule has 2 nitrogen and oxygen atoms in total. The van der Waals surface area contributed by atoms with E-state index in [1.165, 1.54) is 44.3 Å². The molecule has 0 aromatic carbocycles. The van der Waals surface area contributed by atoms with Crippen LogP contribution in [0.25, 0.3) is 0 Å². The van der Waals surface area contributed by atoms with Crippen molar-refractivity contribution in [3.05, 3.63) is 23.3 Å². The van der Waals surface area contributed by atoms with Crippen molar-refractivity contribution in [3.8, 4) is 6.07 Å². The largest absolute Gasteiger partial charge is 0.299 e. The van der Waals surface area contributed by atoms with E-state index in [1.807, 2.05) is 0 Å². The van der Waals surface area contributed by atoms with Crippen molar-refractivity contribution in [3.63, 3.8) is 0 Å². The van der Waals surface area contributed by atoms with Gasteiger partial charge in [-0.25, -0.2) is 0 Å². The Bertz CT molecular complexity index is 401. The topological polar surface area (TPSA) is 27.0 Å². The molecule has 0 N–H and O–H groups in total. The lowest BCUT2D eigenvalue weighted by molar-refractivity contribution is 0.341. The normalized spacial score (nSPS) is 23.4. The monoisotopic (exact) mass is 258 g/mol. The summed E-state index contributed by atoms with van der Waals surface area (Å²) in [4.78, 5) is 2.54. The molecule has 1 aliphatic heterocycles. The van der Waals surface area contributed by atoms with E-state index >= 15 is 0 Å². The molecule has 0 atom stereocenters. The van der Waals surface area contributed by atoms with Crippen molar-refractivity contribution in [2.75, 3.05) is 19.6 Å². The Morgan fingerprint density at radius 1 is 1.26 bits per heavy atom. The predicted molar refractivity (Wildman–Crippen MR) is 79.7 cm³/mol. The maximum absolute atomic E-state index is 9.25. The molecule has 0 aromatic heterocycles. The van der Waals surface area contributed by atoms with Gasteiger partial charge < -0.3 is 0 Å². The molecule has 2 aliphatic rings. The Kier molecular flexibility index (Phi) is 4.82. The van der Waals surface area contributed by atoms with Crippen LogP contribution in [0.5, 0.6) is 0 Å². The average Bonchev–Trinajstić information content (AvgIpc) is 2.87. The summed E-state index contributed by atoms with van der Waals surface area (Å²) in [6.45, 7) is 8.08. The van der Waals surface area contributed by atoms with E-state index in [-0.39, 0.29) is 5.41 Å². The van der Waals surface area contributed by atoms with Crippen LogP contribution in [0.15, 0.2) is 23.3 Å². The van der Waals surface area contributed by atoms with Crippen molar-refractivity contribution in [2.45, 2.75) is 52.4 Å². The number of rotatable bonds is 4. The zero-order valence-electron chi connectivity index (χ0n) is 12.4. The molecule has 104 valence electrons. The van der Waals surface area contributed by atoms with Crippen molar-refractivity contribution >= 4 is 0 Å². The molecule has 1 saturated heterocycles. The van der Waals surface area contributed by atoms with Gasteiger partial charge in [0.1, 0.15) is 0 Å². The first kappa shape index (κ1) is 14.3. The summed E-state index contributed by atoms with van der Waals surface area (Å²) in [6.07, 6.45) is 11.6. The van der Waals surface area contributed by atoms with Crippen LogP contribution in [0.4, 0.5) is 0 Å². The van der Waals surface area contributed by atoms with Crippen molar-refractivity contribution in [1.29, 1.82) is 5.26 Å². The van der Waals surface area contributed by atoms with Crippen LogP contribution >= 0.6 is 0 Å². The van der Waals surface area contributed by atoms with Gasteiger partial charge in [0.25, 0.3) is 0 Å². The summed E-state index contributed by atoms with van der Waals surface area (Å²) < 4.78 is 0. The van der Waals surface area contributed by atoms with Gasteiger partial charge in [0.2, 0.25) is 0 Å². The van der Waals surface area contributed by atoms with Gasteiger partial charge in [-0.1, -0.05) is 31.6 Å². The molecule has 1 aliphatic carbocycles. The summed E-state index contributed by atoms with van der Waals surface area (Å²) in [5.41, 5.74) is 2.72. The highest BCUT2D eigenvalue weighted by Gasteiger charge is 2.26. The molecular weight excluding hydrogens is 232 g/mol. The first-order valence-electron chi connectivity index (χ1n) is 7.73. The molecule has 0 amide bonds. The smallest absolute Gasteiger partial charge is 0.0947 e. The lowest BCUT2D eigenvalue weighted by Gasteiger charge is -2.28. The third-order valence-electron chi connectivity index (χ3n) is 4.86. The van der Waals surface area contributed by atoms with Gasteiger partial charge in [0, 0.05) is 18.5 Å². The summed E-state index contributed by atoms with van der Waals surface area (Å²) in [7, 11) is 0. The SMILES string of the molecule is CCC1(CC)C=C(CN2CCCC2)CC(C#N)=CC1. The second-order valence-electron chi connectivity index (χ2n) is 6.08. The first-order valence-corrected chi connectivity index (χ1v) is 7.73. The molecule has 0 saturated carbocycles. The molecule has 0 unspecified atom stereocenters. The minimum Gasteiger partial charge on any atom is -0.299 e. The molecule has 2 rings (SSSR count). The van der Waals surface area contributed by atoms with Crippen molar-refractivity contribution in [2.24, 2.45) is 5.41 Å². The summed E-state index contributed by atoms with van der Waals surface area (Å²) in [5, 5.41) is 9.25. The maximum Gasteiger partial charge on any atom is 0.0947 e. The molecule has 0 spiro atoms. The van der Waals surface area contributed by atoms with Gasteiger partial charge >= 0.3 is 0 Å². The highest BCUT2D eigenvalue weighted by Crippen LogP contribution is 2.38. The molecule has 1 fully saturated rings. The summed E-state index contributed by atoms with van der Waals surface area (Å²) >= 11 is 0. The van der Waals surface area contributed by atoms with Crippen molar-refractivity contribution in [1.82, 2.24) is 4.90 Å². The number of hydrogen-bond acceptors (Lipinski definition) is 2. The molecule has 19 heavy (non-hydrogen) atoms. The number of allylic oxidation sites excluding steroid dienone is 3. The zero-order valence-corrected chi connectivity index (χ0v) is 12.4. The van der Waals surface area contributed by atoms with E-state index in [0.717, 1.165) is 25.0 Å². The van der Waals surface area contributed by atoms with Crippen LogP contribution in [0.2, 0.25) is 0 Å². The lowest BCUT2D eigenvalue weighted by Crippen LogP contribution is -2.23. The van der Waals surface area contributed by atoms with E-state index in [0.29, 0.717) is 0 Å². The van der Waals surface area contributed by atoms with Gasteiger partial charge in [-0.05, 0) is 50.6 Å². The highest BCUT2D eigenvalue weighted by atomic mass is 15.1. The number of nitrogens with zero attached hydrogens (tertiary/aromatic N) is 2. The molecule has 1 heterocycles. The van der Waals surface area contributed by atoms with Gasteiger partial charge in [-0.3, -0.25) is 4.90 Å². The second-order valence-corrected chi connectivity index (χ2v) is 6.08. The minimum absolute atomic E-state index is 0.285. The average molecular weight is 258 g/mol. The standard InChI is InChI=1S/C17H26N2/c1-3-17(4-2)8-7-15(13-18)11-16(12-17)14-19-9-5-6-10-19/h7,12H,3-6,8-11,14H2,1-2H3. The molecule has 0 bridgehead atoms. The van der Waals surface area contributed by atoms with Gasteiger partial charge in [0.05, 0.1) is 6.07 Å². The van der Waals surface area contributed by atoms with Crippen LogP contribution in [0.3, 0.4) is 0 Å². The van der Waals surface area contributed by atoms with E-state index in [4.69, 9.17) is 0 Å². The second kappa shape index (κ2) is 6.39. The Morgan fingerprint density at radius 2 is 1.95 bits per heavy atom. The Hall–Kier alpha value is -1.07. The molecule has 2 heteroatoms. The molecular formula is C17H26N2. The van der Waals surface area contributed by atoms with Crippen LogP contribution in [0, 0.1) is 16.7 Å². The van der Waals surface area contributed by atoms with E-state index in [1.54, 1.807) is 0 Å². The number of hydrogen-bond donors (Lipinski definition) is 0. The maximum atomic E-state index is 9.25. The quantitative estimate of drug-likeness (QED) is 0.711. The van der Waals surface area contributed by atoms with Crippen LogP contribution in [-0.4, -0.2) is 24.5 Å². The van der Waals surface area contributed by atoms with E-state index in [9.17, 15) is 5.26 Å². The van der Waals surface area contributed by atoms with Gasteiger partial charge in [0.15, 0.2) is 0 Å². The minimum atomic E-state index is 0.285. The van der Waals surface area contributed by atoms with E-state index in [2.05, 4.69) is 37.0 Å². The highest BCUT2D eigenvalue weighted by molar-refractivity contribution is 5.32. The van der Waals surface area contributed by atoms with Crippen LogP contribution in [-0.2, 0) is 0 Å². The fourth-order valence-corrected chi connectivity index (χ4v) is 3.34. The third kappa shape index (κ3) is 3.48. The summed E-state index contributed by atoms with van der Waals surface area (Å²) in [6, 6.07) is 2.39. The van der Waals surface area contributed by atoms with Gasteiger partial charge in [-0.2, -0.15) is 5.26 Å². The Balaban J connectivity index is 2.18. The Labute approximate surface area is 117 Å². The number of likely N-dealkylation sites (tertiary alicyclic amines) is 1. The van der Waals surface area contributed by atoms with E-state index < -0.39 is 0 Å². The van der Waals surface area contributed by atoms with Crippen LogP contribution in [0.1, 0.15) is 52.4 Å². The first-order chi connectivity index (χ1) is 9.21. The Morgan fingerprint density at radius 3 is 2.53 bits per heavy atom. The summed E-state index contributed by atoms with van der Waals surface area (Å²) in [5.74, 6) is 0. The van der Waals surface area contributed by atoms with Gasteiger partial charge in [-0.15, -0.1) is 0 Å².